The fraction of sp³-hybridized carbons (Fsp3) is 0.923. The number of amides is 1. The van der Waals surface area contributed by atoms with Gasteiger partial charge in [0.2, 0.25) is 5.91 Å². The van der Waals surface area contributed by atoms with E-state index in [0.29, 0.717) is 18.5 Å². The summed E-state index contributed by atoms with van der Waals surface area (Å²) in [7, 11) is 3.93. The van der Waals surface area contributed by atoms with Crippen LogP contribution < -0.4 is 11.1 Å². The molecule has 3 N–H and O–H groups in total. The maximum atomic E-state index is 11.8. The number of hydrogen-bond donors (Lipinski definition) is 2. The lowest BCUT2D eigenvalue weighted by Crippen LogP contribution is -2.62. The summed E-state index contributed by atoms with van der Waals surface area (Å²) in [6.07, 6.45) is 4.54. The number of nitrogens with two attached hydrogens (primary N) is 1. The van der Waals surface area contributed by atoms with E-state index in [1.807, 2.05) is 7.05 Å². The van der Waals surface area contributed by atoms with Gasteiger partial charge >= 0.3 is 0 Å². The van der Waals surface area contributed by atoms with E-state index in [1.165, 1.54) is 0 Å². The highest BCUT2D eigenvalue weighted by Gasteiger charge is 2.49. The molecule has 17 heavy (non-hydrogen) atoms. The molecule has 1 amide bonds. The molecule has 1 aliphatic rings. The van der Waals surface area contributed by atoms with Crippen LogP contribution in [0, 0.1) is 5.92 Å². The van der Waals surface area contributed by atoms with Gasteiger partial charge in [-0.15, -0.1) is 0 Å². The average Bonchev–Trinajstić information content (AvgIpc) is 3.09. The number of likely N-dealkylation sites (N-methyl/N-ethyl adjacent to an activating group) is 2. The summed E-state index contributed by atoms with van der Waals surface area (Å²) in [5.74, 6) is 0.208. The van der Waals surface area contributed by atoms with E-state index in [9.17, 15) is 4.79 Å². The third kappa shape index (κ3) is 3.19. The Morgan fingerprint density at radius 1 is 1.59 bits per heavy atom. The lowest BCUT2D eigenvalue weighted by molar-refractivity contribution is -0.126. The van der Waals surface area contributed by atoms with Gasteiger partial charge < -0.3 is 16.0 Å². The summed E-state index contributed by atoms with van der Waals surface area (Å²) in [4.78, 5) is 14.0. The molecule has 4 nitrogen and oxygen atoms in total. The minimum Gasteiger partial charge on any atom is -0.368 e. The van der Waals surface area contributed by atoms with Crippen molar-refractivity contribution in [2.24, 2.45) is 11.7 Å². The third-order valence-corrected chi connectivity index (χ3v) is 4.12. The van der Waals surface area contributed by atoms with Crippen LogP contribution in [-0.2, 0) is 4.79 Å². The van der Waals surface area contributed by atoms with E-state index in [2.05, 4.69) is 31.1 Å². The molecule has 100 valence electrons. The number of rotatable bonds is 8. The zero-order valence-corrected chi connectivity index (χ0v) is 11.6. The van der Waals surface area contributed by atoms with Crippen LogP contribution in [0.4, 0.5) is 0 Å². The molecule has 1 fully saturated rings. The summed E-state index contributed by atoms with van der Waals surface area (Å²) in [6, 6.07) is 0.492. The van der Waals surface area contributed by atoms with E-state index >= 15 is 0 Å². The van der Waals surface area contributed by atoms with Gasteiger partial charge in [0.25, 0.3) is 0 Å². The Hall–Kier alpha value is -0.610. The van der Waals surface area contributed by atoms with Crippen molar-refractivity contribution < 1.29 is 4.79 Å². The number of carbonyl (C=O) groups is 1. The molecule has 1 aliphatic carbocycles. The minimum absolute atomic E-state index is 0.210. The normalized spacial score (nSPS) is 21.2. The van der Waals surface area contributed by atoms with Gasteiger partial charge in [-0.25, -0.2) is 0 Å². The predicted molar refractivity (Wildman–Crippen MR) is 70.7 cm³/mol. The van der Waals surface area contributed by atoms with Crippen molar-refractivity contribution in [3.8, 4) is 0 Å². The largest absolute Gasteiger partial charge is 0.368 e. The van der Waals surface area contributed by atoms with Crippen molar-refractivity contribution >= 4 is 5.91 Å². The van der Waals surface area contributed by atoms with Crippen LogP contribution in [-0.4, -0.2) is 43.0 Å². The number of nitrogens with one attached hydrogen (secondary N) is 1. The van der Waals surface area contributed by atoms with Crippen LogP contribution in [0.25, 0.3) is 0 Å². The van der Waals surface area contributed by atoms with Crippen molar-refractivity contribution in [3.63, 3.8) is 0 Å². The minimum atomic E-state index is -0.531. The van der Waals surface area contributed by atoms with E-state index in [0.717, 1.165) is 25.7 Å². The molecule has 0 bridgehead atoms. The van der Waals surface area contributed by atoms with Crippen LogP contribution in [0.2, 0.25) is 0 Å². The fourth-order valence-corrected chi connectivity index (χ4v) is 2.58. The zero-order valence-electron chi connectivity index (χ0n) is 11.6. The molecule has 0 radical (unpaired) electrons. The van der Waals surface area contributed by atoms with Crippen molar-refractivity contribution in [2.75, 3.05) is 20.6 Å². The quantitative estimate of drug-likeness (QED) is 0.665. The maximum Gasteiger partial charge on any atom is 0.239 e. The highest BCUT2D eigenvalue weighted by atomic mass is 16.1. The van der Waals surface area contributed by atoms with Gasteiger partial charge in [-0.05, 0) is 46.2 Å². The van der Waals surface area contributed by atoms with E-state index in [-0.39, 0.29) is 5.91 Å². The molecule has 1 rings (SSSR count). The Kier molecular flexibility index (Phi) is 4.95. The Morgan fingerprint density at radius 3 is 2.53 bits per heavy atom. The van der Waals surface area contributed by atoms with Crippen molar-refractivity contribution in [3.05, 3.63) is 0 Å². The summed E-state index contributed by atoms with van der Waals surface area (Å²) in [5.41, 5.74) is 5.09. The maximum absolute atomic E-state index is 11.8. The van der Waals surface area contributed by atoms with Crippen LogP contribution >= 0.6 is 0 Å². The van der Waals surface area contributed by atoms with Crippen LogP contribution in [0.5, 0.6) is 0 Å². The number of nitrogens with zero attached hydrogens (tertiary/aromatic N) is 1. The Labute approximate surface area is 105 Å². The SMILES string of the molecule is CCCC(C)N(C)CC(NC)(C(N)=O)C1CC1. The summed E-state index contributed by atoms with van der Waals surface area (Å²) in [6.45, 7) is 5.10. The highest BCUT2D eigenvalue weighted by Crippen LogP contribution is 2.40. The van der Waals surface area contributed by atoms with Crippen LogP contribution in [0.3, 0.4) is 0 Å². The smallest absolute Gasteiger partial charge is 0.239 e. The molecule has 0 heterocycles. The van der Waals surface area contributed by atoms with E-state index in [1.54, 1.807) is 0 Å². The number of hydrogen-bond acceptors (Lipinski definition) is 3. The molecular weight excluding hydrogens is 214 g/mol. The van der Waals surface area contributed by atoms with Gasteiger partial charge in [0.1, 0.15) is 5.54 Å². The van der Waals surface area contributed by atoms with E-state index < -0.39 is 5.54 Å². The van der Waals surface area contributed by atoms with E-state index in [4.69, 9.17) is 5.73 Å². The molecule has 4 heteroatoms. The van der Waals surface area contributed by atoms with Crippen molar-refractivity contribution in [1.82, 2.24) is 10.2 Å². The van der Waals surface area contributed by atoms with Gasteiger partial charge in [-0.3, -0.25) is 4.79 Å². The first-order valence-electron chi connectivity index (χ1n) is 6.67. The van der Waals surface area contributed by atoms with Gasteiger partial charge in [0, 0.05) is 12.6 Å². The Bertz CT molecular complexity index is 265. The highest BCUT2D eigenvalue weighted by molar-refractivity contribution is 5.85. The molecular formula is C13H27N3O. The van der Waals surface area contributed by atoms with Gasteiger partial charge in [-0.2, -0.15) is 0 Å². The van der Waals surface area contributed by atoms with Crippen LogP contribution in [0.15, 0.2) is 0 Å². The monoisotopic (exact) mass is 241 g/mol. The number of carbonyl (C=O) groups excluding carboxylic acids is 1. The van der Waals surface area contributed by atoms with Crippen LogP contribution in [0.1, 0.15) is 39.5 Å². The molecule has 0 aromatic carbocycles. The standard InChI is InChI=1S/C13H27N3O/c1-5-6-10(2)16(4)9-13(15-3,12(14)17)11-7-8-11/h10-11,15H,5-9H2,1-4H3,(H2,14,17). The molecule has 0 aliphatic heterocycles. The molecule has 0 saturated heterocycles. The molecule has 0 spiro atoms. The Morgan fingerprint density at radius 2 is 2.18 bits per heavy atom. The number of primary amides is 1. The Balaban J connectivity index is 2.69. The first-order chi connectivity index (χ1) is 7.97. The predicted octanol–water partition coefficient (Wildman–Crippen LogP) is 0.960. The molecule has 0 aromatic rings. The first kappa shape index (κ1) is 14.5. The van der Waals surface area contributed by atoms with Gasteiger partial charge in [0.05, 0.1) is 0 Å². The molecule has 2 unspecified atom stereocenters. The topological polar surface area (TPSA) is 58.4 Å². The second-order valence-electron chi connectivity index (χ2n) is 5.41. The molecule has 1 saturated carbocycles. The zero-order chi connectivity index (χ0) is 13.1. The van der Waals surface area contributed by atoms with Crippen molar-refractivity contribution in [1.29, 1.82) is 0 Å². The lowest BCUT2D eigenvalue weighted by Gasteiger charge is -2.37. The second kappa shape index (κ2) is 5.83. The third-order valence-electron chi connectivity index (χ3n) is 4.12. The summed E-state index contributed by atoms with van der Waals surface area (Å²) in [5, 5.41) is 3.19. The summed E-state index contributed by atoms with van der Waals surface area (Å²) < 4.78 is 0. The molecule has 2 atom stereocenters. The molecule has 0 aromatic heterocycles. The first-order valence-corrected chi connectivity index (χ1v) is 6.67. The van der Waals surface area contributed by atoms with Gasteiger partial charge in [0.15, 0.2) is 0 Å². The fourth-order valence-electron chi connectivity index (χ4n) is 2.58. The average molecular weight is 241 g/mol. The van der Waals surface area contributed by atoms with Crippen molar-refractivity contribution in [2.45, 2.75) is 51.1 Å². The lowest BCUT2D eigenvalue weighted by atomic mass is 9.91. The summed E-state index contributed by atoms with van der Waals surface area (Å²) >= 11 is 0. The van der Waals surface area contributed by atoms with Gasteiger partial charge in [-0.1, -0.05) is 13.3 Å². The second-order valence-corrected chi connectivity index (χ2v) is 5.41.